The van der Waals surface area contributed by atoms with Crippen molar-refractivity contribution < 1.29 is 4.74 Å². The Bertz CT molecular complexity index is 538. The summed E-state index contributed by atoms with van der Waals surface area (Å²) in [6, 6.07) is 18.8. The van der Waals surface area contributed by atoms with Crippen molar-refractivity contribution in [3.63, 3.8) is 0 Å². The van der Waals surface area contributed by atoms with Gasteiger partial charge < -0.3 is 4.74 Å². The third-order valence-corrected chi connectivity index (χ3v) is 3.68. The number of nitrogens with zero attached hydrogens (tertiary/aromatic N) is 1. The van der Waals surface area contributed by atoms with E-state index < -0.39 is 0 Å². The van der Waals surface area contributed by atoms with Gasteiger partial charge in [-0.05, 0) is 18.2 Å². The van der Waals surface area contributed by atoms with E-state index in [-0.39, 0.29) is 6.10 Å². The molecule has 98 valence electrons. The van der Waals surface area contributed by atoms with Crippen molar-refractivity contribution in [1.82, 2.24) is 4.90 Å². The summed E-state index contributed by atoms with van der Waals surface area (Å²) >= 11 is 0. The van der Waals surface area contributed by atoms with E-state index in [1.165, 1.54) is 11.1 Å². The first-order valence-corrected chi connectivity index (χ1v) is 6.88. The molecule has 0 N–H and O–H groups in total. The summed E-state index contributed by atoms with van der Waals surface area (Å²) in [4.78, 5) is 2.43. The summed E-state index contributed by atoms with van der Waals surface area (Å²) < 4.78 is 6.23. The van der Waals surface area contributed by atoms with Crippen molar-refractivity contribution in [3.05, 3.63) is 65.7 Å². The average molecular weight is 253 g/mol. The van der Waals surface area contributed by atoms with Crippen LogP contribution < -0.4 is 4.74 Å². The number of likely N-dealkylation sites (N-methyl/N-ethyl adjacent to an activating group) is 1. The van der Waals surface area contributed by atoms with E-state index in [2.05, 4.69) is 54.3 Å². The van der Waals surface area contributed by atoms with Crippen LogP contribution in [0.5, 0.6) is 5.75 Å². The fourth-order valence-electron chi connectivity index (χ4n) is 2.56. The van der Waals surface area contributed by atoms with Crippen LogP contribution in [0.15, 0.2) is 54.6 Å². The van der Waals surface area contributed by atoms with Crippen LogP contribution in [-0.4, -0.2) is 18.0 Å². The van der Waals surface area contributed by atoms with Gasteiger partial charge in [0.15, 0.2) is 0 Å². The lowest BCUT2D eigenvalue weighted by molar-refractivity contribution is 0.152. The summed E-state index contributed by atoms with van der Waals surface area (Å²) in [5.74, 6) is 1.02. The summed E-state index contributed by atoms with van der Waals surface area (Å²) in [5, 5.41) is 0. The lowest BCUT2D eigenvalue weighted by atomic mass is 10.1. The van der Waals surface area contributed by atoms with Gasteiger partial charge in [-0.3, -0.25) is 4.90 Å². The summed E-state index contributed by atoms with van der Waals surface area (Å²) in [5.41, 5.74) is 2.53. The van der Waals surface area contributed by atoms with Crippen LogP contribution in [0.3, 0.4) is 0 Å². The lowest BCUT2D eigenvalue weighted by Crippen LogP contribution is -2.27. The Kier molecular flexibility index (Phi) is 3.51. The van der Waals surface area contributed by atoms with Gasteiger partial charge in [0.25, 0.3) is 0 Å². The van der Waals surface area contributed by atoms with E-state index >= 15 is 0 Å². The summed E-state index contributed by atoms with van der Waals surface area (Å²) in [7, 11) is 0. The molecule has 0 fully saturated rings. The summed E-state index contributed by atoms with van der Waals surface area (Å²) in [6.07, 6.45) is 0.116. The molecular weight excluding hydrogens is 234 g/mol. The number of fused-ring (bicyclic) bond motifs is 1. The fraction of sp³-hybridized carbons (Fsp3) is 0.294. The smallest absolute Gasteiger partial charge is 0.136 e. The molecule has 19 heavy (non-hydrogen) atoms. The van der Waals surface area contributed by atoms with Gasteiger partial charge in [0, 0.05) is 18.7 Å². The maximum absolute atomic E-state index is 6.23. The molecule has 0 aromatic heterocycles. The van der Waals surface area contributed by atoms with E-state index in [0.29, 0.717) is 0 Å². The van der Waals surface area contributed by atoms with Crippen LogP contribution in [0.2, 0.25) is 0 Å². The second-order valence-electron chi connectivity index (χ2n) is 4.95. The van der Waals surface area contributed by atoms with E-state index in [1.807, 2.05) is 12.1 Å². The van der Waals surface area contributed by atoms with Gasteiger partial charge in [0.05, 0.1) is 0 Å². The van der Waals surface area contributed by atoms with Gasteiger partial charge in [0.2, 0.25) is 0 Å². The zero-order valence-corrected chi connectivity index (χ0v) is 11.3. The SMILES string of the molecule is CCN1Cc2ccccc2O[C@@H](c2ccccc2)C1. The molecule has 1 aliphatic heterocycles. The van der Waals surface area contributed by atoms with Crippen molar-refractivity contribution >= 4 is 0 Å². The van der Waals surface area contributed by atoms with Crippen LogP contribution in [-0.2, 0) is 6.54 Å². The van der Waals surface area contributed by atoms with Crippen molar-refractivity contribution in [1.29, 1.82) is 0 Å². The fourth-order valence-corrected chi connectivity index (χ4v) is 2.56. The molecule has 2 heteroatoms. The molecule has 1 heterocycles. The first-order valence-electron chi connectivity index (χ1n) is 6.88. The van der Waals surface area contributed by atoms with Gasteiger partial charge in [0.1, 0.15) is 11.9 Å². The van der Waals surface area contributed by atoms with Crippen LogP contribution in [0, 0.1) is 0 Å². The van der Waals surface area contributed by atoms with Crippen LogP contribution in [0.4, 0.5) is 0 Å². The highest BCUT2D eigenvalue weighted by Gasteiger charge is 2.22. The quantitative estimate of drug-likeness (QED) is 0.810. The second kappa shape index (κ2) is 5.45. The highest BCUT2D eigenvalue weighted by atomic mass is 16.5. The Morgan fingerprint density at radius 2 is 1.79 bits per heavy atom. The number of hydrogen-bond acceptors (Lipinski definition) is 2. The van der Waals surface area contributed by atoms with Crippen molar-refractivity contribution in [2.75, 3.05) is 13.1 Å². The van der Waals surface area contributed by atoms with E-state index in [9.17, 15) is 0 Å². The number of hydrogen-bond donors (Lipinski definition) is 0. The van der Waals surface area contributed by atoms with Gasteiger partial charge in [-0.15, -0.1) is 0 Å². The van der Waals surface area contributed by atoms with E-state index in [0.717, 1.165) is 25.4 Å². The Balaban J connectivity index is 1.95. The van der Waals surface area contributed by atoms with Crippen molar-refractivity contribution in [3.8, 4) is 5.75 Å². The van der Waals surface area contributed by atoms with Gasteiger partial charge in [-0.1, -0.05) is 55.5 Å². The highest BCUT2D eigenvalue weighted by Crippen LogP contribution is 2.30. The van der Waals surface area contributed by atoms with Crippen LogP contribution >= 0.6 is 0 Å². The normalized spacial score (nSPS) is 19.3. The van der Waals surface area contributed by atoms with E-state index in [1.54, 1.807) is 0 Å². The molecule has 2 aromatic rings. The van der Waals surface area contributed by atoms with Crippen molar-refractivity contribution in [2.45, 2.75) is 19.6 Å². The third-order valence-electron chi connectivity index (χ3n) is 3.68. The van der Waals surface area contributed by atoms with E-state index in [4.69, 9.17) is 4.74 Å². The number of rotatable bonds is 2. The molecule has 0 spiro atoms. The Hall–Kier alpha value is -1.80. The molecule has 0 radical (unpaired) electrons. The highest BCUT2D eigenvalue weighted by molar-refractivity contribution is 5.35. The molecule has 0 unspecified atom stereocenters. The molecule has 0 amide bonds. The molecule has 0 saturated heterocycles. The molecule has 1 atom stereocenters. The number of ether oxygens (including phenoxy) is 1. The minimum absolute atomic E-state index is 0.116. The van der Waals surface area contributed by atoms with Crippen LogP contribution in [0.25, 0.3) is 0 Å². The Morgan fingerprint density at radius 3 is 2.58 bits per heavy atom. The minimum Gasteiger partial charge on any atom is -0.484 e. The zero-order chi connectivity index (χ0) is 13.1. The molecule has 0 aliphatic carbocycles. The Labute approximate surface area is 114 Å². The van der Waals surface area contributed by atoms with Gasteiger partial charge in [-0.25, -0.2) is 0 Å². The third kappa shape index (κ3) is 2.64. The lowest BCUT2D eigenvalue weighted by Gasteiger charge is -2.22. The largest absolute Gasteiger partial charge is 0.484 e. The predicted molar refractivity (Wildman–Crippen MR) is 77.2 cm³/mol. The molecule has 2 aromatic carbocycles. The van der Waals surface area contributed by atoms with Gasteiger partial charge >= 0.3 is 0 Å². The topological polar surface area (TPSA) is 12.5 Å². The molecule has 1 aliphatic rings. The Morgan fingerprint density at radius 1 is 1.05 bits per heavy atom. The monoisotopic (exact) mass is 253 g/mol. The predicted octanol–water partition coefficient (Wildman–Crippen LogP) is 3.64. The summed E-state index contributed by atoms with van der Waals surface area (Å²) in [6.45, 7) is 5.15. The molecule has 0 saturated carbocycles. The zero-order valence-electron chi connectivity index (χ0n) is 11.3. The maximum atomic E-state index is 6.23. The first-order chi connectivity index (χ1) is 9.36. The minimum atomic E-state index is 0.116. The number of benzene rings is 2. The number of para-hydroxylation sites is 1. The molecule has 3 rings (SSSR count). The van der Waals surface area contributed by atoms with Gasteiger partial charge in [-0.2, -0.15) is 0 Å². The molecule has 2 nitrogen and oxygen atoms in total. The second-order valence-corrected chi connectivity index (χ2v) is 4.95. The molecule has 0 bridgehead atoms. The first kappa shape index (κ1) is 12.2. The van der Waals surface area contributed by atoms with Crippen LogP contribution in [0.1, 0.15) is 24.2 Å². The average Bonchev–Trinajstić information content (AvgIpc) is 2.67. The standard InChI is InChI=1S/C17H19NO/c1-2-18-12-15-10-6-7-11-16(15)19-17(13-18)14-8-4-3-5-9-14/h3-11,17H,2,12-13H2,1H3/t17-/m1/s1. The van der Waals surface area contributed by atoms with Crippen molar-refractivity contribution in [2.24, 2.45) is 0 Å². The molecular formula is C17H19NO. The maximum Gasteiger partial charge on any atom is 0.136 e.